The van der Waals surface area contributed by atoms with Gasteiger partial charge >= 0.3 is 0 Å². The summed E-state index contributed by atoms with van der Waals surface area (Å²) in [4.78, 5) is 6.86. The third kappa shape index (κ3) is 3.25. The number of likely N-dealkylation sites (tertiary alicyclic amines) is 1. The molecule has 1 aliphatic heterocycles. The molecule has 1 atom stereocenters. The second-order valence-corrected chi connectivity index (χ2v) is 5.64. The lowest BCUT2D eigenvalue weighted by Crippen LogP contribution is -2.13. The number of likely N-dealkylation sites (N-methyl/N-ethyl adjacent to an activating group) is 1. The summed E-state index contributed by atoms with van der Waals surface area (Å²) in [5, 5.41) is 4.11. The van der Waals surface area contributed by atoms with Gasteiger partial charge in [-0.05, 0) is 38.4 Å². The molecule has 0 radical (unpaired) electrons. The van der Waals surface area contributed by atoms with E-state index in [2.05, 4.69) is 46.4 Å². The first-order valence-corrected chi connectivity index (χ1v) is 7.36. The minimum atomic E-state index is 0.426. The van der Waals surface area contributed by atoms with Gasteiger partial charge in [-0.15, -0.1) is 0 Å². The molecule has 0 saturated carbocycles. The van der Waals surface area contributed by atoms with Crippen LogP contribution in [0.3, 0.4) is 0 Å². The molecule has 4 heteroatoms. The molecule has 0 spiro atoms. The van der Waals surface area contributed by atoms with Gasteiger partial charge in [0.15, 0.2) is 5.82 Å². The zero-order valence-corrected chi connectivity index (χ0v) is 12.0. The van der Waals surface area contributed by atoms with E-state index in [0.717, 1.165) is 50.5 Å². The molecule has 3 rings (SSSR count). The maximum absolute atomic E-state index is 5.41. The van der Waals surface area contributed by atoms with Crippen LogP contribution >= 0.6 is 0 Å². The second-order valence-electron chi connectivity index (χ2n) is 5.64. The van der Waals surface area contributed by atoms with Crippen molar-refractivity contribution in [2.24, 2.45) is 0 Å². The predicted molar refractivity (Wildman–Crippen MR) is 77.6 cm³/mol. The molecule has 1 saturated heterocycles. The number of aromatic nitrogens is 2. The van der Waals surface area contributed by atoms with Crippen LogP contribution in [0.2, 0.25) is 0 Å². The molecule has 0 aliphatic carbocycles. The van der Waals surface area contributed by atoms with Gasteiger partial charge in [-0.3, -0.25) is 0 Å². The highest BCUT2D eigenvalue weighted by molar-refractivity contribution is 5.14. The molecule has 1 aliphatic rings. The summed E-state index contributed by atoms with van der Waals surface area (Å²) in [7, 11) is 2.14. The van der Waals surface area contributed by atoms with Crippen molar-refractivity contribution in [3.8, 4) is 0 Å². The molecule has 0 unspecified atom stereocenters. The fourth-order valence-corrected chi connectivity index (χ4v) is 2.77. The number of rotatable bonds is 5. The molecule has 1 aromatic carbocycles. The van der Waals surface area contributed by atoms with Crippen LogP contribution in [0, 0.1) is 0 Å². The molecule has 2 heterocycles. The fraction of sp³-hybridized carbons (Fsp3) is 0.500. The first-order valence-electron chi connectivity index (χ1n) is 7.36. The highest BCUT2D eigenvalue weighted by Crippen LogP contribution is 2.24. The molecule has 2 aromatic rings. The number of hydrogen-bond donors (Lipinski definition) is 0. The van der Waals surface area contributed by atoms with Crippen LogP contribution in [0.1, 0.15) is 36.0 Å². The van der Waals surface area contributed by atoms with Crippen LogP contribution in [0.4, 0.5) is 0 Å². The van der Waals surface area contributed by atoms with Crippen molar-refractivity contribution in [2.75, 3.05) is 20.1 Å². The quantitative estimate of drug-likeness (QED) is 0.838. The maximum atomic E-state index is 5.41. The van der Waals surface area contributed by atoms with Gasteiger partial charge in [0.05, 0.1) is 5.92 Å². The Hall–Kier alpha value is -1.68. The van der Waals surface area contributed by atoms with Crippen molar-refractivity contribution < 1.29 is 4.52 Å². The number of nitrogens with zero attached hydrogens (tertiary/aromatic N) is 3. The molecular weight excluding hydrogens is 250 g/mol. The molecule has 20 heavy (non-hydrogen) atoms. The summed E-state index contributed by atoms with van der Waals surface area (Å²) in [5.41, 5.74) is 1.37. The van der Waals surface area contributed by atoms with Crippen molar-refractivity contribution in [3.63, 3.8) is 0 Å². The van der Waals surface area contributed by atoms with E-state index in [1.54, 1.807) is 0 Å². The molecule has 106 valence electrons. The summed E-state index contributed by atoms with van der Waals surface area (Å²) < 4.78 is 5.41. The van der Waals surface area contributed by atoms with E-state index in [0.29, 0.717) is 5.92 Å². The smallest absolute Gasteiger partial charge is 0.231 e. The Morgan fingerprint density at radius 2 is 2.10 bits per heavy atom. The molecule has 1 aromatic heterocycles. The lowest BCUT2D eigenvalue weighted by atomic mass is 10.1. The van der Waals surface area contributed by atoms with Crippen LogP contribution in [-0.4, -0.2) is 35.2 Å². The largest absolute Gasteiger partial charge is 0.339 e. The third-order valence-corrected chi connectivity index (χ3v) is 3.93. The molecule has 1 fully saturated rings. The zero-order chi connectivity index (χ0) is 13.8. The van der Waals surface area contributed by atoms with Crippen LogP contribution in [0.5, 0.6) is 0 Å². The summed E-state index contributed by atoms with van der Waals surface area (Å²) in [6, 6.07) is 10.5. The van der Waals surface area contributed by atoms with E-state index in [-0.39, 0.29) is 0 Å². The van der Waals surface area contributed by atoms with Crippen LogP contribution < -0.4 is 0 Å². The van der Waals surface area contributed by atoms with Crippen LogP contribution in [0.15, 0.2) is 34.9 Å². The Balaban J connectivity index is 1.50. The minimum absolute atomic E-state index is 0.426. The van der Waals surface area contributed by atoms with Crippen LogP contribution in [-0.2, 0) is 12.8 Å². The SMILES string of the molecule is CN1CC[C@@H](c2nc(CCCc3ccccc3)no2)C1. The normalized spacial score (nSPS) is 19.6. The molecular formula is C16H21N3O. The van der Waals surface area contributed by atoms with Gasteiger partial charge in [0.1, 0.15) is 0 Å². The minimum Gasteiger partial charge on any atom is -0.339 e. The Morgan fingerprint density at radius 1 is 1.25 bits per heavy atom. The van der Waals surface area contributed by atoms with Crippen molar-refractivity contribution in [2.45, 2.75) is 31.6 Å². The van der Waals surface area contributed by atoms with E-state index >= 15 is 0 Å². The standard InChI is InChI=1S/C16H21N3O/c1-19-11-10-14(12-19)16-17-15(18-20-16)9-5-8-13-6-3-2-4-7-13/h2-4,6-7,14H,5,8-12H2,1H3/t14-/m1/s1. The van der Waals surface area contributed by atoms with Gasteiger partial charge in [0.25, 0.3) is 0 Å². The second kappa shape index (κ2) is 6.18. The summed E-state index contributed by atoms with van der Waals surface area (Å²) >= 11 is 0. The van der Waals surface area contributed by atoms with Gasteiger partial charge in [0, 0.05) is 13.0 Å². The lowest BCUT2D eigenvalue weighted by Gasteiger charge is -2.05. The van der Waals surface area contributed by atoms with Gasteiger partial charge < -0.3 is 9.42 Å². The van der Waals surface area contributed by atoms with Crippen LogP contribution in [0.25, 0.3) is 0 Å². The summed E-state index contributed by atoms with van der Waals surface area (Å²) in [5.74, 6) is 2.10. The van der Waals surface area contributed by atoms with E-state index in [9.17, 15) is 0 Å². The predicted octanol–water partition coefficient (Wildman–Crippen LogP) is 2.66. The van der Waals surface area contributed by atoms with E-state index in [1.165, 1.54) is 5.56 Å². The van der Waals surface area contributed by atoms with E-state index in [1.807, 2.05) is 6.07 Å². The topological polar surface area (TPSA) is 42.2 Å². The first-order chi connectivity index (χ1) is 9.81. The van der Waals surface area contributed by atoms with E-state index in [4.69, 9.17) is 4.52 Å². The maximum Gasteiger partial charge on any atom is 0.231 e. The zero-order valence-electron chi connectivity index (χ0n) is 12.0. The number of hydrogen-bond acceptors (Lipinski definition) is 4. The third-order valence-electron chi connectivity index (χ3n) is 3.93. The number of aryl methyl sites for hydroxylation is 2. The molecule has 4 nitrogen and oxygen atoms in total. The average Bonchev–Trinajstić information content (AvgIpc) is 3.09. The Kier molecular flexibility index (Phi) is 4.11. The average molecular weight is 271 g/mol. The van der Waals surface area contributed by atoms with Crippen molar-refractivity contribution in [1.82, 2.24) is 15.0 Å². The molecule has 0 N–H and O–H groups in total. The Bertz CT molecular complexity index is 538. The van der Waals surface area contributed by atoms with E-state index < -0.39 is 0 Å². The van der Waals surface area contributed by atoms with Crippen molar-refractivity contribution in [3.05, 3.63) is 47.6 Å². The monoisotopic (exact) mass is 271 g/mol. The number of benzene rings is 1. The van der Waals surface area contributed by atoms with Gasteiger partial charge in [-0.25, -0.2) is 0 Å². The first kappa shape index (κ1) is 13.3. The van der Waals surface area contributed by atoms with Gasteiger partial charge in [0.2, 0.25) is 5.89 Å². The van der Waals surface area contributed by atoms with Gasteiger partial charge in [-0.1, -0.05) is 35.5 Å². The van der Waals surface area contributed by atoms with Gasteiger partial charge in [-0.2, -0.15) is 4.98 Å². The Labute approximate surface area is 119 Å². The summed E-state index contributed by atoms with van der Waals surface area (Å²) in [6.45, 7) is 2.15. The Morgan fingerprint density at radius 3 is 2.85 bits per heavy atom. The highest BCUT2D eigenvalue weighted by atomic mass is 16.5. The lowest BCUT2D eigenvalue weighted by molar-refractivity contribution is 0.341. The highest BCUT2D eigenvalue weighted by Gasteiger charge is 2.26. The van der Waals surface area contributed by atoms with Crippen molar-refractivity contribution in [1.29, 1.82) is 0 Å². The summed E-state index contributed by atoms with van der Waals surface area (Å²) in [6.07, 6.45) is 4.15. The molecule has 0 bridgehead atoms. The molecule has 0 amide bonds. The fourth-order valence-electron chi connectivity index (χ4n) is 2.77. The van der Waals surface area contributed by atoms with Crippen molar-refractivity contribution >= 4 is 0 Å².